The number of carboxylic acids is 1. The summed E-state index contributed by atoms with van der Waals surface area (Å²) in [6, 6.07) is 14.1. The molecule has 118 valence electrons. The number of benzene rings is 2. The fourth-order valence-electron chi connectivity index (χ4n) is 2.94. The lowest BCUT2D eigenvalue weighted by molar-refractivity contribution is 0.0654. The van der Waals surface area contributed by atoms with Crippen molar-refractivity contribution in [3.05, 3.63) is 65.2 Å². The first kappa shape index (κ1) is 15.1. The van der Waals surface area contributed by atoms with Gasteiger partial charge < -0.3 is 15.3 Å². The van der Waals surface area contributed by atoms with E-state index in [1.807, 2.05) is 25.1 Å². The minimum atomic E-state index is -0.995. The highest BCUT2D eigenvalue weighted by molar-refractivity contribution is 6.02. The molecule has 3 rings (SSSR count). The Kier molecular flexibility index (Phi) is 4.02. The van der Waals surface area contributed by atoms with Gasteiger partial charge in [-0.2, -0.15) is 0 Å². The summed E-state index contributed by atoms with van der Waals surface area (Å²) >= 11 is 0. The van der Waals surface area contributed by atoms with E-state index in [1.165, 1.54) is 0 Å². The second kappa shape index (κ2) is 6.12. The summed E-state index contributed by atoms with van der Waals surface area (Å²) in [7, 11) is 0. The molecule has 0 aromatic heterocycles. The highest BCUT2D eigenvalue weighted by Gasteiger charge is 2.33. The van der Waals surface area contributed by atoms with Crippen LogP contribution < -0.4 is 5.32 Å². The quantitative estimate of drug-likeness (QED) is 0.908. The number of hydrogen-bond acceptors (Lipinski definition) is 3. The molecule has 5 nitrogen and oxygen atoms in total. The normalized spacial score (nSPS) is 16.7. The standard InChI is InChI=1S/C18H18N2O3/c1-2-11-20-16(12-7-3-4-8-13(12)18(22)23)19-15-10-6-5-9-14(15)17(20)21/h3-10,16,19H,2,11H2,1H3,(H,22,23)/t16-/m0/s1. The lowest BCUT2D eigenvalue weighted by atomic mass is 9.99. The molecule has 23 heavy (non-hydrogen) atoms. The lowest BCUT2D eigenvalue weighted by Crippen LogP contribution is -2.43. The monoisotopic (exact) mass is 310 g/mol. The third-order valence-corrected chi connectivity index (χ3v) is 3.97. The highest BCUT2D eigenvalue weighted by Crippen LogP contribution is 2.34. The van der Waals surface area contributed by atoms with Crippen LogP contribution in [0.2, 0.25) is 0 Å². The number of aromatic carboxylic acids is 1. The van der Waals surface area contributed by atoms with E-state index in [1.54, 1.807) is 35.2 Å². The van der Waals surface area contributed by atoms with Crippen LogP contribution in [0.25, 0.3) is 0 Å². The molecule has 0 saturated carbocycles. The molecule has 5 heteroatoms. The van der Waals surface area contributed by atoms with Crippen LogP contribution in [-0.2, 0) is 0 Å². The van der Waals surface area contributed by atoms with Gasteiger partial charge in [-0.05, 0) is 24.6 Å². The molecule has 0 radical (unpaired) electrons. The van der Waals surface area contributed by atoms with Crippen LogP contribution in [0.4, 0.5) is 5.69 Å². The fraction of sp³-hybridized carbons (Fsp3) is 0.222. The van der Waals surface area contributed by atoms with Crippen molar-refractivity contribution in [3.63, 3.8) is 0 Å². The van der Waals surface area contributed by atoms with Crippen LogP contribution in [0.1, 0.15) is 45.8 Å². The molecule has 1 amide bonds. The zero-order valence-corrected chi connectivity index (χ0v) is 12.8. The number of hydrogen-bond donors (Lipinski definition) is 2. The number of fused-ring (bicyclic) bond motifs is 1. The maximum Gasteiger partial charge on any atom is 0.336 e. The Morgan fingerprint density at radius 1 is 1.17 bits per heavy atom. The van der Waals surface area contributed by atoms with Crippen molar-refractivity contribution in [2.45, 2.75) is 19.5 Å². The summed E-state index contributed by atoms with van der Waals surface area (Å²) in [5, 5.41) is 12.8. The highest BCUT2D eigenvalue weighted by atomic mass is 16.4. The maximum absolute atomic E-state index is 12.8. The summed E-state index contributed by atoms with van der Waals surface area (Å²) in [5.74, 6) is -1.07. The van der Waals surface area contributed by atoms with E-state index >= 15 is 0 Å². The van der Waals surface area contributed by atoms with Crippen LogP contribution in [0.3, 0.4) is 0 Å². The summed E-state index contributed by atoms with van der Waals surface area (Å²) < 4.78 is 0. The molecule has 2 aromatic rings. The number of rotatable bonds is 4. The van der Waals surface area contributed by atoms with Gasteiger partial charge >= 0.3 is 5.97 Å². The van der Waals surface area contributed by atoms with Gasteiger partial charge in [-0.25, -0.2) is 4.79 Å². The van der Waals surface area contributed by atoms with Crippen molar-refractivity contribution in [2.75, 3.05) is 11.9 Å². The smallest absolute Gasteiger partial charge is 0.336 e. The van der Waals surface area contributed by atoms with Crippen molar-refractivity contribution in [1.82, 2.24) is 4.90 Å². The van der Waals surface area contributed by atoms with Crippen LogP contribution in [-0.4, -0.2) is 28.4 Å². The molecule has 2 aromatic carbocycles. The maximum atomic E-state index is 12.8. The fourth-order valence-corrected chi connectivity index (χ4v) is 2.94. The third kappa shape index (κ3) is 2.65. The Morgan fingerprint density at radius 3 is 2.61 bits per heavy atom. The molecular formula is C18H18N2O3. The van der Waals surface area contributed by atoms with Crippen LogP contribution in [0.15, 0.2) is 48.5 Å². The molecule has 1 heterocycles. The molecule has 0 aliphatic carbocycles. The number of nitrogens with zero attached hydrogens (tertiary/aromatic N) is 1. The second-order valence-corrected chi connectivity index (χ2v) is 5.48. The van der Waals surface area contributed by atoms with E-state index in [9.17, 15) is 14.7 Å². The summed E-state index contributed by atoms with van der Waals surface area (Å²) in [4.78, 5) is 26.0. The number of nitrogens with one attached hydrogen (secondary N) is 1. The number of carbonyl (C=O) groups is 2. The first-order valence-corrected chi connectivity index (χ1v) is 7.62. The van der Waals surface area contributed by atoms with Crippen molar-refractivity contribution >= 4 is 17.6 Å². The topological polar surface area (TPSA) is 69.6 Å². The van der Waals surface area contributed by atoms with Gasteiger partial charge in [0.15, 0.2) is 0 Å². The first-order chi connectivity index (χ1) is 11.1. The average molecular weight is 310 g/mol. The van der Waals surface area contributed by atoms with Crippen molar-refractivity contribution < 1.29 is 14.7 Å². The number of carbonyl (C=O) groups excluding carboxylic acids is 1. The third-order valence-electron chi connectivity index (χ3n) is 3.97. The van der Waals surface area contributed by atoms with Gasteiger partial charge in [0.05, 0.1) is 11.1 Å². The number of carboxylic acid groups (broad SMARTS) is 1. The largest absolute Gasteiger partial charge is 0.478 e. The van der Waals surface area contributed by atoms with E-state index in [-0.39, 0.29) is 11.5 Å². The Labute approximate surface area is 134 Å². The van der Waals surface area contributed by atoms with Gasteiger partial charge in [-0.1, -0.05) is 37.3 Å². The van der Waals surface area contributed by atoms with Gasteiger partial charge in [0.2, 0.25) is 0 Å². The zero-order chi connectivity index (χ0) is 16.4. The summed E-state index contributed by atoms with van der Waals surface area (Å²) in [6.07, 6.45) is 0.311. The molecule has 1 atom stereocenters. The van der Waals surface area contributed by atoms with Crippen molar-refractivity contribution in [1.29, 1.82) is 0 Å². The first-order valence-electron chi connectivity index (χ1n) is 7.62. The average Bonchev–Trinajstić information content (AvgIpc) is 2.57. The van der Waals surface area contributed by atoms with Crippen molar-refractivity contribution in [2.24, 2.45) is 0 Å². The molecule has 0 saturated heterocycles. The lowest BCUT2D eigenvalue weighted by Gasteiger charge is -2.38. The van der Waals surface area contributed by atoms with E-state index in [0.717, 1.165) is 12.1 Å². The van der Waals surface area contributed by atoms with E-state index in [0.29, 0.717) is 17.7 Å². The number of amides is 1. The van der Waals surface area contributed by atoms with Crippen LogP contribution >= 0.6 is 0 Å². The van der Waals surface area contributed by atoms with Gasteiger partial charge in [-0.15, -0.1) is 0 Å². The van der Waals surface area contributed by atoms with E-state index in [4.69, 9.17) is 0 Å². The SMILES string of the molecule is CCCN1C(=O)c2ccccc2N[C@@H]1c1ccccc1C(=O)O. The Balaban J connectivity index is 2.11. The van der Waals surface area contributed by atoms with Crippen molar-refractivity contribution in [3.8, 4) is 0 Å². The molecule has 0 bridgehead atoms. The molecule has 0 spiro atoms. The Morgan fingerprint density at radius 2 is 1.87 bits per heavy atom. The molecule has 1 aliphatic heterocycles. The Bertz CT molecular complexity index is 757. The summed E-state index contributed by atoms with van der Waals surface area (Å²) in [5.41, 5.74) is 2.15. The number of anilines is 1. The van der Waals surface area contributed by atoms with E-state index in [2.05, 4.69) is 5.32 Å². The second-order valence-electron chi connectivity index (χ2n) is 5.48. The predicted octanol–water partition coefficient (Wildman–Crippen LogP) is 3.36. The van der Waals surface area contributed by atoms with Gasteiger partial charge in [0.25, 0.3) is 5.91 Å². The predicted molar refractivity (Wildman–Crippen MR) is 87.5 cm³/mol. The molecule has 1 aliphatic rings. The molecule has 0 fully saturated rings. The molecule has 0 unspecified atom stereocenters. The summed E-state index contributed by atoms with van der Waals surface area (Å²) in [6.45, 7) is 2.55. The molecule has 2 N–H and O–H groups in total. The van der Waals surface area contributed by atoms with Gasteiger partial charge in [-0.3, -0.25) is 4.79 Å². The molecular weight excluding hydrogens is 292 g/mol. The van der Waals surface area contributed by atoms with Crippen LogP contribution in [0, 0.1) is 0 Å². The van der Waals surface area contributed by atoms with Gasteiger partial charge in [0, 0.05) is 17.8 Å². The van der Waals surface area contributed by atoms with E-state index < -0.39 is 12.1 Å². The van der Waals surface area contributed by atoms with Crippen LogP contribution in [0.5, 0.6) is 0 Å². The van der Waals surface area contributed by atoms with Gasteiger partial charge in [0.1, 0.15) is 6.17 Å². The minimum absolute atomic E-state index is 0.0774. The minimum Gasteiger partial charge on any atom is -0.478 e. The number of para-hydroxylation sites is 1. The Hall–Kier alpha value is -2.82. The zero-order valence-electron chi connectivity index (χ0n) is 12.8.